The van der Waals surface area contributed by atoms with Crippen LogP contribution in [0.15, 0.2) is 36.4 Å². The van der Waals surface area contributed by atoms with Gasteiger partial charge in [-0.3, -0.25) is 9.10 Å². The van der Waals surface area contributed by atoms with Crippen molar-refractivity contribution in [2.45, 2.75) is 18.9 Å². The van der Waals surface area contributed by atoms with Crippen molar-refractivity contribution >= 4 is 44.3 Å². The van der Waals surface area contributed by atoms with Crippen LogP contribution in [0.2, 0.25) is 0 Å². The summed E-state index contributed by atoms with van der Waals surface area (Å²) in [5.41, 5.74) is 0.580. The highest BCUT2D eigenvalue weighted by Crippen LogP contribution is 2.33. The van der Waals surface area contributed by atoms with Gasteiger partial charge in [0.25, 0.3) is 0 Å². The van der Waals surface area contributed by atoms with Crippen LogP contribution in [0.25, 0.3) is 0 Å². The van der Waals surface area contributed by atoms with E-state index in [-0.39, 0.29) is 5.97 Å². The Bertz CT molecular complexity index is 687. The summed E-state index contributed by atoms with van der Waals surface area (Å²) < 4.78 is 31.7. The van der Waals surface area contributed by atoms with Crippen LogP contribution in [0.3, 0.4) is 0 Å². The van der Waals surface area contributed by atoms with E-state index in [0.717, 1.165) is 16.2 Å². The molecule has 0 heterocycles. The van der Waals surface area contributed by atoms with Crippen molar-refractivity contribution in [3.8, 4) is 0 Å². The number of sulfonamides is 1. The first kappa shape index (κ1) is 17.3. The summed E-state index contributed by atoms with van der Waals surface area (Å²) in [5.74, 6) is -0.880. The van der Waals surface area contributed by atoms with Gasteiger partial charge in [-0.05, 0) is 47.6 Å². The van der Waals surface area contributed by atoms with E-state index in [9.17, 15) is 13.2 Å². The van der Waals surface area contributed by atoms with Crippen LogP contribution in [-0.4, -0.2) is 33.8 Å². The topological polar surface area (TPSA) is 63.7 Å². The molecule has 0 spiro atoms. The molecule has 0 radical (unpaired) electrons. The number of carbonyl (C=O) groups excluding carboxylic acids is 1. The van der Waals surface area contributed by atoms with Crippen LogP contribution in [0, 0.1) is 9.49 Å². The van der Waals surface area contributed by atoms with E-state index in [2.05, 4.69) is 22.6 Å². The zero-order chi connectivity index (χ0) is 16.3. The number of carbonyl (C=O) groups is 1. The molecule has 1 aliphatic rings. The number of esters is 1. The molecular formula is C15H18INO4S. The zero-order valence-corrected chi connectivity index (χ0v) is 15.4. The number of ether oxygens (including phenoxy) is 1. The Morgan fingerprint density at radius 2 is 2.05 bits per heavy atom. The molecule has 1 aromatic rings. The van der Waals surface area contributed by atoms with Gasteiger partial charge < -0.3 is 4.74 Å². The molecule has 2 atom stereocenters. The van der Waals surface area contributed by atoms with E-state index in [4.69, 9.17) is 4.74 Å². The monoisotopic (exact) mass is 435 g/mol. The molecule has 1 aliphatic carbocycles. The Balaban J connectivity index is 2.54. The van der Waals surface area contributed by atoms with Crippen LogP contribution in [0.5, 0.6) is 0 Å². The van der Waals surface area contributed by atoms with Gasteiger partial charge in [-0.25, -0.2) is 8.42 Å². The highest BCUT2D eigenvalue weighted by atomic mass is 127. The molecule has 0 bridgehead atoms. The molecule has 0 aliphatic heterocycles. The first-order valence-electron chi connectivity index (χ1n) is 6.84. The standard InChI is InChI=1S/C15H18INO4S/c1-21-15(18)11-7-3-5-9-13(11)17(22(2,19)20)14-10-6-4-8-12(14)16/h4-6,8-11,13H,3,7H2,1-2H3. The maximum Gasteiger partial charge on any atom is 0.311 e. The number of allylic oxidation sites excluding steroid dienone is 1. The molecule has 0 aromatic heterocycles. The van der Waals surface area contributed by atoms with E-state index in [1.807, 2.05) is 18.2 Å². The van der Waals surface area contributed by atoms with Gasteiger partial charge in [-0.1, -0.05) is 24.3 Å². The lowest BCUT2D eigenvalue weighted by atomic mass is 9.89. The van der Waals surface area contributed by atoms with Crippen molar-refractivity contribution in [3.63, 3.8) is 0 Å². The van der Waals surface area contributed by atoms with Crippen molar-refractivity contribution in [2.24, 2.45) is 5.92 Å². The summed E-state index contributed by atoms with van der Waals surface area (Å²) in [6, 6.07) is 6.66. The third-order valence-corrected chi connectivity index (χ3v) is 5.68. The molecule has 0 N–H and O–H groups in total. The number of halogens is 1. The zero-order valence-electron chi connectivity index (χ0n) is 12.4. The van der Waals surface area contributed by atoms with E-state index < -0.39 is 22.0 Å². The molecule has 0 fully saturated rings. The van der Waals surface area contributed by atoms with Gasteiger partial charge in [0.15, 0.2) is 0 Å². The highest BCUT2D eigenvalue weighted by Gasteiger charge is 2.38. The summed E-state index contributed by atoms with van der Waals surface area (Å²) >= 11 is 2.10. The number of hydrogen-bond acceptors (Lipinski definition) is 4. The maximum atomic E-state index is 12.4. The van der Waals surface area contributed by atoms with Gasteiger partial charge in [0.2, 0.25) is 10.0 Å². The van der Waals surface area contributed by atoms with Gasteiger partial charge in [-0.15, -0.1) is 0 Å². The van der Waals surface area contributed by atoms with Gasteiger partial charge in [0, 0.05) is 3.57 Å². The molecule has 7 heteroatoms. The summed E-state index contributed by atoms with van der Waals surface area (Å²) in [4.78, 5) is 12.0. The quantitative estimate of drug-likeness (QED) is 0.415. The fourth-order valence-corrected chi connectivity index (χ4v) is 4.64. The number of para-hydroxylation sites is 1. The predicted octanol–water partition coefficient (Wildman–Crippen LogP) is 2.57. The number of rotatable bonds is 4. The normalized spacial score (nSPS) is 21.4. The van der Waals surface area contributed by atoms with Crippen LogP contribution in [-0.2, 0) is 19.6 Å². The van der Waals surface area contributed by atoms with E-state index >= 15 is 0 Å². The van der Waals surface area contributed by atoms with Gasteiger partial charge >= 0.3 is 5.97 Å². The summed E-state index contributed by atoms with van der Waals surface area (Å²) in [7, 11) is -2.22. The van der Waals surface area contributed by atoms with Crippen LogP contribution < -0.4 is 4.31 Å². The van der Waals surface area contributed by atoms with E-state index in [1.54, 1.807) is 18.2 Å². The summed E-state index contributed by atoms with van der Waals surface area (Å²) in [6.07, 6.45) is 6.17. The molecule has 120 valence electrons. The Hall–Kier alpha value is -1.09. The first-order valence-corrected chi connectivity index (χ1v) is 9.77. The van der Waals surface area contributed by atoms with Gasteiger partial charge in [0.1, 0.15) is 0 Å². The fourth-order valence-electron chi connectivity index (χ4n) is 2.66. The van der Waals surface area contributed by atoms with E-state index in [1.165, 1.54) is 11.4 Å². The third-order valence-electron chi connectivity index (χ3n) is 3.61. The molecular weight excluding hydrogens is 417 g/mol. The Kier molecular flexibility index (Phi) is 5.49. The number of hydrogen-bond donors (Lipinski definition) is 0. The number of nitrogens with zero attached hydrogens (tertiary/aromatic N) is 1. The lowest BCUT2D eigenvalue weighted by Crippen LogP contribution is -2.47. The smallest absolute Gasteiger partial charge is 0.311 e. The Morgan fingerprint density at radius 1 is 1.36 bits per heavy atom. The second kappa shape index (κ2) is 6.99. The largest absolute Gasteiger partial charge is 0.469 e. The number of methoxy groups -OCH3 is 1. The van der Waals surface area contributed by atoms with E-state index in [0.29, 0.717) is 12.1 Å². The molecule has 0 amide bonds. The van der Waals surface area contributed by atoms with Crippen molar-refractivity contribution in [2.75, 3.05) is 17.7 Å². The molecule has 0 saturated carbocycles. The fraction of sp³-hybridized carbons (Fsp3) is 0.400. The minimum absolute atomic E-state index is 0.381. The predicted molar refractivity (Wildman–Crippen MR) is 94.1 cm³/mol. The maximum absolute atomic E-state index is 12.4. The van der Waals surface area contributed by atoms with Crippen molar-refractivity contribution in [1.82, 2.24) is 0 Å². The second-order valence-electron chi connectivity index (χ2n) is 5.14. The van der Waals surface area contributed by atoms with Crippen molar-refractivity contribution in [1.29, 1.82) is 0 Å². The first-order chi connectivity index (χ1) is 10.4. The van der Waals surface area contributed by atoms with Crippen molar-refractivity contribution < 1.29 is 17.9 Å². The van der Waals surface area contributed by atoms with Crippen LogP contribution in [0.1, 0.15) is 12.8 Å². The molecule has 2 unspecified atom stereocenters. The van der Waals surface area contributed by atoms with Crippen LogP contribution >= 0.6 is 22.6 Å². The molecule has 0 saturated heterocycles. The second-order valence-corrected chi connectivity index (χ2v) is 8.16. The van der Waals surface area contributed by atoms with Crippen molar-refractivity contribution in [3.05, 3.63) is 40.0 Å². The Morgan fingerprint density at radius 3 is 2.64 bits per heavy atom. The Labute approximate surface area is 144 Å². The average molecular weight is 435 g/mol. The number of anilines is 1. The molecule has 22 heavy (non-hydrogen) atoms. The highest BCUT2D eigenvalue weighted by molar-refractivity contribution is 14.1. The van der Waals surface area contributed by atoms with Crippen LogP contribution in [0.4, 0.5) is 5.69 Å². The molecule has 5 nitrogen and oxygen atoms in total. The minimum atomic E-state index is -3.55. The average Bonchev–Trinajstić information content (AvgIpc) is 2.48. The third kappa shape index (κ3) is 3.62. The SMILES string of the molecule is COC(=O)C1CCC=CC1N(c1ccccc1I)S(C)(=O)=O. The lowest BCUT2D eigenvalue weighted by molar-refractivity contribution is -0.146. The molecule has 1 aromatic carbocycles. The molecule has 2 rings (SSSR count). The van der Waals surface area contributed by atoms with Gasteiger partial charge in [0.05, 0.1) is 31.0 Å². The number of benzene rings is 1. The minimum Gasteiger partial charge on any atom is -0.469 e. The van der Waals surface area contributed by atoms with Gasteiger partial charge in [-0.2, -0.15) is 0 Å². The lowest BCUT2D eigenvalue weighted by Gasteiger charge is -2.36. The summed E-state index contributed by atoms with van der Waals surface area (Å²) in [5, 5.41) is 0. The summed E-state index contributed by atoms with van der Waals surface area (Å²) in [6.45, 7) is 0.